The molecule has 1 amide bonds. The molecule has 0 fully saturated rings. The van der Waals surface area contributed by atoms with Crippen LogP contribution in [0.15, 0.2) is 18.3 Å². The van der Waals surface area contributed by atoms with Crippen LogP contribution in [0.3, 0.4) is 0 Å². The molecule has 1 aromatic heterocycles. The number of amides is 1. The quantitative estimate of drug-likeness (QED) is 0.888. The molecule has 1 heterocycles. The van der Waals surface area contributed by atoms with E-state index in [1.807, 2.05) is 0 Å². The zero-order valence-corrected chi connectivity index (χ0v) is 10.8. The summed E-state index contributed by atoms with van der Waals surface area (Å²) in [6, 6.07) is 2.19. The lowest BCUT2D eigenvalue weighted by Gasteiger charge is -2.20. The van der Waals surface area contributed by atoms with Gasteiger partial charge in [-0.15, -0.1) is 0 Å². The molecule has 0 aliphatic heterocycles. The lowest BCUT2D eigenvalue weighted by Crippen LogP contribution is -2.39. The van der Waals surface area contributed by atoms with Crippen molar-refractivity contribution in [2.24, 2.45) is 5.41 Å². The number of carboxylic acids is 1. The number of aliphatic carboxylic acids is 1. The first-order chi connectivity index (χ1) is 9.05. The van der Waals surface area contributed by atoms with E-state index in [2.05, 4.69) is 10.3 Å². The maximum atomic E-state index is 12.7. The number of pyridine rings is 1. The lowest BCUT2D eigenvalue weighted by molar-refractivity contribution is -0.146. The first-order valence-electron chi connectivity index (χ1n) is 5.59. The number of hydrogen-bond acceptors (Lipinski definition) is 3. The van der Waals surface area contributed by atoms with Crippen molar-refractivity contribution in [2.45, 2.75) is 20.0 Å². The van der Waals surface area contributed by atoms with Crippen molar-refractivity contribution in [3.63, 3.8) is 0 Å². The third-order valence-corrected chi connectivity index (χ3v) is 2.59. The normalized spacial score (nSPS) is 12.1. The van der Waals surface area contributed by atoms with E-state index in [1.54, 1.807) is 0 Å². The zero-order chi connectivity index (χ0) is 15.6. The standard InChI is InChI=1S/C12H13F3N2O3/c1-11(2,10(19)20)6-17-9(18)7-4-3-5-16-8(7)12(13,14)15/h3-5H,6H2,1-2H3,(H,17,18)(H,19,20). The summed E-state index contributed by atoms with van der Waals surface area (Å²) in [6.07, 6.45) is -3.82. The van der Waals surface area contributed by atoms with Crippen LogP contribution in [-0.2, 0) is 11.0 Å². The van der Waals surface area contributed by atoms with E-state index in [1.165, 1.54) is 19.9 Å². The number of nitrogens with zero attached hydrogens (tertiary/aromatic N) is 1. The Labute approximate surface area is 112 Å². The lowest BCUT2D eigenvalue weighted by atomic mass is 9.94. The Kier molecular flexibility index (Phi) is 4.36. The summed E-state index contributed by atoms with van der Waals surface area (Å²) in [5.74, 6) is -2.18. The number of halogens is 3. The molecular formula is C12H13F3N2O3. The number of carbonyl (C=O) groups is 2. The topological polar surface area (TPSA) is 79.3 Å². The van der Waals surface area contributed by atoms with E-state index >= 15 is 0 Å². The highest BCUT2D eigenvalue weighted by molar-refractivity contribution is 5.95. The van der Waals surface area contributed by atoms with Gasteiger partial charge < -0.3 is 10.4 Å². The Balaban J connectivity index is 2.92. The van der Waals surface area contributed by atoms with Gasteiger partial charge >= 0.3 is 12.1 Å². The second kappa shape index (κ2) is 5.48. The van der Waals surface area contributed by atoms with Gasteiger partial charge in [0, 0.05) is 12.7 Å². The van der Waals surface area contributed by atoms with Gasteiger partial charge in [-0.25, -0.2) is 0 Å². The first-order valence-corrected chi connectivity index (χ1v) is 5.59. The van der Waals surface area contributed by atoms with E-state index in [9.17, 15) is 22.8 Å². The fourth-order valence-electron chi connectivity index (χ4n) is 1.29. The van der Waals surface area contributed by atoms with Crippen molar-refractivity contribution in [1.29, 1.82) is 0 Å². The van der Waals surface area contributed by atoms with Crippen LogP contribution in [0.4, 0.5) is 13.2 Å². The highest BCUT2D eigenvalue weighted by Gasteiger charge is 2.37. The fourth-order valence-corrected chi connectivity index (χ4v) is 1.29. The van der Waals surface area contributed by atoms with E-state index in [0.29, 0.717) is 0 Å². The summed E-state index contributed by atoms with van der Waals surface area (Å²) in [6.45, 7) is 2.40. The van der Waals surface area contributed by atoms with Gasteiger partial charge in [0.25, 0.3) is 5.91 Å². The molecule has 0 aliphatic carbocycles. The predicted octanol–water partition coefficient (Wildman–Crippen LogP) is 1.94. The van der Waals surface area contributed by atoms with Crippen LogP contribution in [0.1, 0.15) is 29.9 Å². The van der Waals surface area contributed by atoms with Crippen LogP contribution in [-0.4, -0.2) is 28.5 Å². The molecule has 1 rings (SSSR count). The fraction of sp³-hybridized carbons (Fsp3) is 0.417. The number of carbonyl (C=O) groups excluding carboxylic acids is 1. The maximum Gasteiger partial charge on any atom is 0.434 e. The van der Waals surface area contributed by atoms with Gasteiger partial charge in [0.05, 0.1) is 11.0 Å². The van der Waals surface area contributed by atoms with Gasteiger partial charge in [0.1, 0.15) is 0 Å². The highest BCUT2D eigenvalue weighted by atomic mass is 19.4. The molecule has 0 unspecified atom stereocenters. The average Bonchev–Trinajstić information content (AvgIpc) is 2.35. The third kappa shape index (κ3) is 3.69. The molecule has 8 heteroatoms. The summed E-state index contributed by atoms with van der Waals surface area (Å²) in [5.41, 5.74) is -3.22. The van der Waals surface area contributed by atoms with Gasteiger partial charge in [0.15, 0.2) is 5.69 Å². The van der Waals surface area contributed by atoms with Crippen LogP contribution in [0, 0.1) is 5.41 Å². The van der Waals surface area contributed by atoms with Crippen molar-refractivity contribution < 1.29 is 27.9 Å². The van der Waals surface area contributed by atoms with Crippen molar-refractivity contribution in [3.8, 4) is 0 Å². The van der Waals surface area contributed by atoms with E-state index < -0.39 is 34.7 Å². The molecular weight excluding hydrogens is 277 g/mol. The molecule has 0 bridgehead atoms. The molecule has 0 spiro atoms. The molecule has 0 aliphatic rings. The van der Waals surface area contributed by atoms with Gasteiger partial charge in [-0.3, -0.25) is 14.6 Å². The second-order valence-corrected chi connectivity index (χ2v) is 4.77. The van der Waals surface area contributed by atoms with Crippen molar-refractivity contribution in [3.05, 3.63) is 29.6 Å². The Morgan fingerprint density at radius 3 is 2.45 bits per heavy atom. The minimum atomic E-state index is -4.75. The van der Waals surface area contributed by atoms with Crippen LogP contribution in [0.5, 0.6) is 0 Å². The van der Waals surface area contributed by atoms with Crippen LogP contribution in [0.2, 0.25) is 0 Å². The number of carboxylic acid groups (broad SMARTS) is 1. The monoisotopic (exact) mass is 290 g/mol. The highest BCUT2D eigenvalue weighted by Crippen LogP contribution is 2.30. The average molecular weight is 290 g/mol. The molecule has 20 heavy (non-hydrogen) atoms. The molecule has 0 atom stereocenters. The number of nitrogens with one attached hydrogen (secondary N) is 1. The maximum absolute atomic E-state index is 12.7. The smallest absolute Gasteiger partial charge is 0.434 e. The molecule has 5 nitrogen and oxygen atoms in total. The Bertz CT molecular complexity index is 527. The zero-order valence-electron chi connectivity index (χ0n) is 10.8. The minimum Gasteiger partial charge on any atom is -0.481 e. The molecule has 0 saturated heterocycles. The number of rotatable bonds is 4. The summed E-state index contributed by atoms with van der Waals surface area (Å²) in [4.78, 5) is 25.7. The summed E-state index contributed by atoms with van der Waals surface area (Å²) < 4.78 is 38.0. The molecule has 110 valence electrons. The largest absolute Gasteiger partial charge is 0.481 e. The van der Waals surface area contributed by atoms with Gasteiger partial charge in [-0.05, 0) is 26.0 Å². The molecule has 1 aromatic rings. The van der Waals surface area contributed by atoms with E-state index in [4.69, 9.17) is 5.11 Å². The first kappa shape index (κ1) is 15.9. The number of aromatic nitrogens is 1. The Hall–Kier alpha value is -2.12. The van der Waals surface area contributed by atoms with Crippen LogP contribution < -0.4 is 5.32 Å². The SMILES string of the molecule is CC(C)(CNC(=O)c1cccnc1C(F)(F)F)C(=O)O. The van der Waals surface area contributed by atoms with E-state index in [0.717, 1.165) is 12.3 Å². The Morgan fingerprint density at radius 2 is 1.95 bits per heavy atom. The van der Waals surface area contributed by atoms with Crippen molar-refractivity contribution in [1.82, 2.24) is 10.3 Å². The summed E-state index contributed by atoms with van der Waals surface area (Å²) in [5, 5.41) is 11.0. The summed E-state index contributed by atoms with van der Waals surface area (Å²) >= 11 is 0. The van der Waals surface area contributed by atoms with Gasteiger partial charge in [0.2, 0.25) is 0 Å². The summed E-state index contributed by atoms with van der Waals surface area (Å²) in [7, 11) is 0. The van der Waals surface area contributed by atoms with Gasteiger partial charge in [-0.2, -0.15) is 13.2 Å². The molecule has 0 aromatic carbocycles. The minimum absolute atomic E-state index is 0.298. The van der Waals surface area contributed by atoms with E-state index in [-0.39, 0.29) is 6.54 Å². The Morgan fingerprint density at radius 1 is 1.35 bits per heavy atom. The predicted molar refractivity (Wildman–Crippen MR) is 63.0 cm³/mol. The second-order valence-electron chi connectivity index (χ2n) is 4.77. The van der Waals surface area contributed by atoms with Crippen molar-refractivity contribution >= 4 is 11.9 Å². The van der Waals surface area contributed by atoms with Crippen LogP contribution >= 0.6 is 0 Å². The van der Waals surface area contributed by atoms with Crippen LogP contribution in [0.25, 0.3) is 0 Å². The number of alkyl halides is 3. The molecule has 2 N–H and O–H groups in total. The molecule has 0 radical (unpaired) electrons. The number of hydrogen-bond donors (Lipinski definition) is 2. The van der Waals surface area contributed by atoms with Gasteiger partial charge in [-0.1, -0.05) is 0 Å². The molecule has 0 saturated carbocycles. The van der Waals surface area contributed by atoms with Crippen molar-refractivity contribution in [2.75, 3.05) is 6.54 Å². The third-order valence-electron chi connectivity index (χ3n) is 2.59.